The zero-order valence-corrected chi connectivity index (χ0v) is 11.8. The summed E-state index contributed by atoms with van der Waals surface area (Å²) < 4.78 is 25.2. The molecule has 4 nitrogen and oxygen atoms in total. The van der Waals surface area contributed by atoms with Crippen LogP contribution in [-0.2, 0) is 4.79 Å². The Hall–Kier alpha value is -1.98. The van der Waals surface area contributed by atoms with Gasteiger partial charge in [0.2, 0.25) is 5.91 Å². The third kappa shape index (κ3) is 4.24. The maximum Gasteiger partial charge on any atom is 0.255 e. The van der Waals surface area contributed by atoms with E-state index in [0.717, 1.165) is 12.8 Å². The average Bonchev–Trinajstić information content (AvgIpc) is 3.28. The van der Waals surface area contributed by atoms with E-state index in [1.165, 1.54) is 11.0 Å². The van der Waals surface area contributed by atoms with Gasteiger partial charge in [-0.15, -0.1) is 0 Å². The van der Waals surface area contributed by atoms with Crippen LogP contribution in [0.15, 0.2) is 24.3 Å². The van der Waals surface area contributed by atoms with Crippen molar-refractivity contribution in [3.8, 4) is 0 Å². The quantitative estimate of drug-likeness (QED) is 0.877. The molecule has 0 aliphatic heterocycles. The number of rotatable bonds is 6. The maximum atomic E-state index is 12.6. The van der Waals surface area contributed by atoms with Crippen LogP contribution in [0.4, 0.5) is 14.5 Å². The fourth-order valence-electron chi connectivity index (χ4n) is 2.08. The minimum Gasteiger partial charge on any atom is -0.330 e. The lowest BCUT2D eigenvalue weighted by Gasteiger charge is -2.22. The molecule has 1 aliphatic rings. The van der Waals surface area contributed by atoms with E-state index >= 15 is 0 Å². The highest BCUT2D eigenvalue weighted by Crippen LogP contribution is 2.29. The molecule has 1 N–H and O–H groups in total. The molecule has 0 heterocycles. The fourth-order valence-corrected chi connectivity index (χ4v) is 2.08. The summed E-state index contributed by atoms with van der Waals surface area (Å²) in [5, 5.41) is 2.65. The molecular formula is C15H18F2N2O2. The lowest BCUT2D eigenvalue weighted by atomic mass is 10.1. The summed E-state index contributed by atoms with van der Waals surface area (Å²) in [4.78, 5) is 24.9. The van der Waals surface area contributed by atoms with Gasteiger partial charge in [-0.25, -0.2) is 8.78 Å². The first-order valence-corrected chi connectivity index (χ1v) is 7.00. The van der Waals surface area contributed by atoms with Crippen molar-refractivity contribution in [2.75, 3.05) is 11.9 Å². The number of nitrogens with one attached hydrogen (secondary N) is 1. The van der Waals surface area contributed by atoms with Crippen molar-refractivity contribution in [1.82, 2.24) is 4.90 Å². The lowest BCUT2D eigenvalue weighted by Crippen LogP contribution is -2.37. The molecule has 0 saturated heterocycles. The molecule has 0 bridgehead atoms. The Balaban J connectivity index is 2.13. The van der Waals surface area contributed by atoms with E-state index < -0.39 is 18.9 Å². The zero-order chi connectivity index (χ0) is 15.4. The van der Waals surface area contributed by atoms with Crippen molar-refractivity contribution < 1.29 is 18.4 Å². The predicted octanol–water partition coefficient (Wildman–Crippen LogP) is 2.90. The zero-order valence-electron chi connectivity index (χ0n) is 11.8. The van der Waals surface area contributed by atoms with Crippen molar-refractivity contribution >= 4 is 17.5 Å². The number of alkyl halides is 2. The highest BCUT2D eigenvalue weighted by atomic mass is 19.3. The summed E-state index contributed by atoms with van der Waals surface area (Å²) >= 11 is 0. The Morgan fingerprint density at radius 3 is 2.67 bits per heavy atom. The number of hydrogen-bond acceptors (Lipinski definition) is 2. The molecule has 1 aliphatic carbocycles. The van der Waals surface area contributed by atoms with E-state index in [4.69, 9.17) is 0 Å². The summed E-state index contributed by atoms with van der Waals surface area (Å²) in [6.45, 7) is 1.18. The van der Waals surface area contributed by atoms with Crippen LogP contribution in [0.1, 0.15) is 36.5 Å². The molecule has 0 spiro atoms. The topological polar surface area (TPSA) is 49.4 Å². The second kappa shape index (κ2) is 6.65. The average molecular weight is 296 g/mol. The normalized spacial score (nSPS) is 14.1. The molecule has 0 unspecified atom stereocenters. The number of hydrogen-bond donors (Lipinski definition) is 1. The molecule has 1 fully saturated rings. The minimum absolute atomic E-state index is 0.0830. The largest absolute Gasteiger partial charge is 0.330 e. The Morgan fingerprint density at radius 2 is 2.10 bits per heavy atom. The summed E-state index contributed by atoms with van der Waals surface area (Å²) in [6.07, 6.45) is -0.676. The van der Waals surface area contributed by atoms with Crippen molar-refractivity contribution in [2.45, 2.75) is 38.7 Å². The molecular weight excluding hydrogens is 278 g/mol. The Morgan fingerprint density at radius 1 is 1.38 bits per heavy atom. The van der Waals surface area contributed by atoms with Crippen molar-refractivity contribution in [3.63, 3.8) is 0 Å². The summed E-state index contributed by atoms with van der Waals surface area (Å²) in [6, 6.07) is 6.31. The molecule has 2 amide bonds. The molecule has 6 heteroatoms. The van der Waals surface area contributed by atoms with Gasteiger partial charge in [0.25, 0.3) is 12.3 Å². The molecule has 1 aromatic carbocycles. The predicted molar refractivity (Wildman–Crippen MR) is 75.4 cm³/mol. The van der Waals surface area contributed by atoms with E-state index in [9.17, 15) is 18.4 Å². The van der Waals surface area contributed by atoms with Gasteiger partial charge in [0.1, 0.15) is 0 Å². The fraction of sp³-hybridized carbons (Fsp3) is 0.467. The molecule has 2 rings (SSSR count). The van der Waals surface area contributed by atoms with Gasteiger partial charge in [-0.1, -0.05) is 13.0 Å². The summed E-state index contributed by atoms with van der Waals surface area (Å²) in [7, 11) is 0. The number of carbonyl (C=O) groups is 2. The van der Waals surface area contributed by atoms with Gasteiger partial charge >= 0.3 is 0 Å². The van der Waals surface area contributed by atoms with Gasteiger partial charge in [0.15, 0.2) is 0 Å². The first-order chi connectivity index (χ1) is 10.0. The smallest absolute Gasteiger partial charge is 0.255 e. The van der Waals surface area contributed by atoms with Crippen LogP contribution >= 0.6 is 0 Å². The van der Waals surface area contributed by atoms with Gasteiger partial charge < -0.3 is 10.2 Å². The van der Waals surface area contributed by atoms with Crippen molar-refractivity contribution in [2.24, 2.45) is 0 Å². The van der Waals surface area contributed by atoms with Gasteiger partial charge in [-0.2, -0.15) is 0 Å². The van der Waals surface area contributed by atoms with E-state index in [-0.39, 0.29) is 11.9 Å². The first kappa shape index (κ1) is 15.4. The van der Waals surface area contributed by atoms with Gasteiger partial charge in [-0.05, 0) is 31.0 Å². The lowest BCUT2D eigenvalue weighted by molar-refractivity contribution is -0.115. The number of amides is 2. The monoisotopic (exact) mass is 296 g/mol. The van der Waals surface area contributed by atoms with Crippen LogP contribution in [0.5, 0.6) is 0 Å². The Labute approximate surface area is 122 Å². The van der Waals surface area contributed by atoms with Crippen molar-refractivity contribution in [1.29, 1.82) is 0 Å². The molecule has 0 radical (unpaired) electrons. The van der Waals surface area contributed by atoms with E-state index in [2.05, 4.69) is 5.32 Å². The Bertz CT molecular complexity index is 530. The number of nitrogens with zero attached hydrogens (tertiary/aromatic N) is 1. The van der Waals surface area contributed by atoms with E-state index in [1.807, 2.05) is 0 Å². The number of carbonyl (C=O) groups excluding carboxylic acids is 2. The van der Waals surface area contributed by atoms with Crippen LogP contribution < -0.4 is 5.32 Å². The molecule has 1 aromatic rings. The standard InChI is InChI=1S/C15H18F2N2O2/c1-2-14(20)18-11-5-3-4-10(8-11)15(21)19(9-13(16)17)12-6-7-12/h3-5,8,12-13H,2,6-7,9H2,1H3,(H,18,20). The molecule has 0 aromatic heterocycles. The Kier molecular flexibility index (Phi) is 4.88. The highest BCUT2D eigenvalue weighted by molar-refractivity contribution is 5.97. The second-order valence-electron chi connectivity index (χ2n) is 5.06. The third-order valence-corrected chi connectivity index (χ3v) is 3.30. The van der Waals surface area contributed by atoms with Crippen LogP contribution in [0.3, 0.4) is 0 Å². The van der Waals surface area contributed by atoms with Crippen LogP contribution in [0, 0.1) is 0 Å². The van der Waals surface area contributed by atoms with Gasteiger partial charge in [-0.3, -0.25) is 9.59 Å². The van der Waals surface area contributed by atoms with Gasteiger partial charge in [0, 0.05) is 23.7 Å². The van der Waals surface area contributed by atoms with Crippen LogP contribution in [0.2, 0.25) is 0 Å². The minimum atomic E-state index is -2.54. The number of anilines is 1. The van der Waals surface area contributed by atoms with E-state index in [1.54, 1.807) is 25.1 Å². The first-order valence-electron chi connectivity index (χ1n) is 7.00. The number of benzene rings is 1. The molecule has 0 atom stereocenters. The number of halogens is 2. The third-order valence-electron chi connectivity index (χ3n) is 3.30. The van der Waals surface area contributed by atoms with Crippen LogP contribution in [0.25, 0.3) is 0 Å². The summed E-state index contributed by atoms with van der Waals surface area (Å²) in [5.74, 6) is -0.573. The second-order valence-corrected chi connectivity index (χ2v) is 5.06. The van der Waals surface area contributed by atoms with Crippen molar-refractivity contribution in [3.05, 3.63) is 29.8 Å². The van der Waals surface area contributed by atoms with E-state index in [0.29, 0.717) is 17.7 Å². The highest BCUT2D eigenvalue weighted by Gasteiger charge is 2.34. The van der Waals surface area contributed by atoms with Gasteiger partial charge in [0.05, 0.1) is 6.54 Å². The molecule has 21 heavy (non-hydrogen) atoms. The van der Waals surface area contributed by atoms with Crippen LogP contribution in [-0.4, -0.2) is 35.7 Å². The molecule has 1 saturated carbocycles. The maximum absolute atomic E-state index is 12.6. The molecule has 114 valence electrons. The SMILES string of the molecule is CCC(=O)Nc1cccc(C(=O)N(CC(F)F)C2CC2)c1. The summed E-state index contributed by atoms with van der Waals surface area (Å²) in [5.41, 5.74) is 0.817.